The first-order chi connectivity index (χ1) is 10.0. The molecule has 1 amide bonds. The van der Waals surface area contributed by atoms with Crippen molar-refractivity contribution in [3.8, 4) is 0 Å². The highest BCUT2D eigenvalue weighted by Crippen LogP contribution is 2.35. The second-order valence-electron chi connectivity index (χ2n) is 6.11. The van der Waals surface area contributed by atoms with E-state index in [1.807, 2.05) is 13.8 Å². The first-order valence-corrected chi connectivity index (χ1v) is 7.53. The highest BCUT2D eigenvalue weighted by atomic mass is 16.5. The summed E-state index contributed by atoms with van der Waals surface area (Å²) in [5, 5.41) is 14.1. The van der Waals surface area contributed by atoms with Crippen LogP contribution < -0.4 is 0 Å². The van der Waals surface area contributed by atoms with Gasteiger partial charge in [0.15, 0.2) is 0 Å². The minimum Gasteiger partial charge on any atom is -0.388 e. The molecule has 21 heavy (non-hydrogen) atoms. The summed E-state index contributed by atoms with van der Waals surface area (Å²) in [6.45, 7) is 5.31. The van der Waals surface area contributed by atoms with Gasteiger partial charge in [-0.3, -0.25) is 4.79 Å². The fourth-order valence-electron chi connectivity index (χ4n) is 3.41. The Hall–Kier alpha value is -1.40. The Labute approximate surface area is 124 Å². The van der Waals surface area contributed by atoms with Crippen LogP contribution in [-0.4, -0.2) is 52.5 Å². The second-order valence-corrected chi connectivity index (χ2v) is 6.11. The van der Waals surface area contributed by atoms with E-state index in [4.69, 9.17) is 9.26 Å². The molecule has 6 nitrogen and oxygen atoms in total. The highest BCUT2D eigenvalue weighted by molar-refractivity contribution is 5.77. The topological polar surface area (TPSA) is 75.8 Å². The van der Waals surface area contributed by atoms with Gasteiger partial charge in [-0.15, -0.1) is 0 Å². The van der Waals surface area contributed by atoms with Crippen molar-refractivity contribution >= 4 is 5.91 Å². The SMILES string of the molecule is Cc1noc(C)c1CCC(=O)N1C[C@H](O)[C@]2(CCCO2)C1. The standard InChI is InChI=1S/C15H22N2O4/c1-10-12(11(2)21-16-10)4-5-14(19)17-8-13(18)15(9-17)6-3-7-20-15/h13,18H,3-9H2,1-2H3/t13-,15-/m0/s1. The molecule has 0 unspecified atom stereocenters. The number of aromatic nitrogens is 1. The lowest BCUT2D eigenvalue weighted by Crippen LogP contribution is -2.41. The molecule has 1 N–H and O–H groups in total. The van der Waals surface area contributed by atoms with Crippen LogP contribution in [0.25, 0.3) is 0 Å². The van der Waals surface area contributed by atoms with Crippen molar-refractivity contribution in [2.45, 2.75) is 51.2 Å². The van der Waals surface area contributed by atoms with Gasteiger partial charge in [0.05, 0.1) is 12.2 Å². The monoisotopic (exact) mass is 294 g/mol. The van der Waals surface area contributed by atoms with E-state index >= 15 is 0 Å². The molecular formula is C15H22N2O4. The molecule has 2 atom stereocenters. The minimum absolute atomic E-state index is 0.0569. The lowest BCUT2D eigenvalue weighted by Gasteiger charge is -2.25. The molecule has 3 rings (SSSR count). The molecule has 3 heterocycles. The Bertz CT molecular complexity index is 514. The Morgan fingerprint density at radius 3 is 2.95 bits per heavy atom. The summed E-state index contributed by atoms with van der Waals surface area (Å²) in [7, 11) is 0. The number of carbonyl (C=O) groups excluding carboxylic acids is 1. The lowest BCUT2D eigenvalue weighted by atomic mass is 9.97. The van der Waals surface area contributed by atoms with Crippen LogP contribution in [0.1, 0.15) is 36.3 Å². The van der Waals surface area contributed by atoms with Gasteiger partial charge in [-0.1, -0.05) is 5.16 Å². The molecule has 116 valence electrons. The largest absolute Gasteiger partial charge is 0.388 e. The predicted molar refractivity (Wildman–Crippen MR) is 74.8 cm³/mol. The molecule has 2 aliphatic rings. The van der Waals surface area contributed by atoms with Gasteiger partial charge in [0.25, 0.3) is 0 Å². The van der Waals surface area contributed by atoms with E-state index in [1.165, 1.54) is 0 Å². The third-order valence-corrected chi connectivity index (χ3v) is 4.72. The molecule has 0 aliphatic carbocycles. The van der Waals surface area contributed by atoms with Gasteiger partial charge in [-0.2, -0.15) is 0 Å². The van der Waals surface area contributed by atoms with Crippen LogP contribution in [0.3, 0.4) is 0 Å². The van der Waals surface area contributed by atoms with E-state index in [2.05, 4.69) is 5.16 Å². The number of hydrogen-bond acceptors (Lipinski definition) is 5. The van der Waals surface area contributed by atoms with Crippen molar-refractivity contribution in [1.82, 2.24) is 10.1 Å². The molecular weight excluding hydrogens is 272 g/mol. The summed E-state index contributed by atoms with van der Waals surface area (Å²) >= 11 is 0. The van der Waals surface area contributed by atoms with Crippen molar-refractivity contribution in [2.24, 2.45) is 0 Å². The van der Waals surface area contributed by atoms with E-state index in [-0.39, 0.29) is 5.91 Å². The third-order valence-electron chi connectivity index (χ3n) is 4.72. The molecule has 1 spiro atoms. The van der Waals surface area contributed by atoms with Crippen LogP contribution in [0, 0.1) is 13.8 Å². The summed E-state index contributed by atoms with van der Waals surface area (Å²) in [6.07, 6.45) is 2.26. The molecule has 2 fully saturated rings. The fourth-order valence-corrected chi connectivity index (χ4v) is 3.41. The fraction of sp³-hybridized carbons (Fsp3) is 0.733. The first kappa shape index (κ1) is 14.5. The average molecular weight is 294 g/mol. The smallest absolute Gasteiger partial charge is 0.223 e. The second kappa shape index (κ2) is 5.42. The number of amides is 1. The van der Waals surface area contributed by atoms with Gasteiger partial charge >= 0.3 is 0 Å². The molecule has 0 saturated carbocycles. The van der Waals surface area contributed by atoms with Crippen molar-refractivity contribution < 1.29 is 19.2 Å². The van der Waals surface area contributed by atoms with E-state index in [1.54, 1.807) is 4.90 Å². The molecule has 2 aliphatic heterocycles. The van der Waals surface area contributed by atoms with Gasteiger partial charge < -0.3 is 19.3 Å². The molecule has 1 aromatic rings. The Balaban J connectivity index is 1.59. The summed E-state index contributed by atoms with van der Waals surface area (Å²) in [5.41, 5.74) is 1.34. The van der Waals surface area contributed by atoms with Crippen LogP contribution in [0.5, 0.6) is 0 Å². The number of likely N-dealkylation sites (tertiary alicyclic amines) is 1. The third kappa shape index (κ3) is 2.58. The maximum atomic E-state index is 12.4. The number of ether oxygens (including phenoxy) is 1. The molecule has 0 radical (unpaired) electrons. The van der Waals surface area contributed by atoms with Crippen LogP contribution in [0.4, 0.5) is 0 Å². The molecule has 2 saturated heterocycles. The van der Waals surface area contributed by atoms with Crippen LogP contribution in [0.15, 0.2) is 4.52 Å². The number of rotatable bonds is 3. The highest BCUT2D eigenvalue weighted by Gasteiger charge is 2.50. The molecule has 0 bridgehead atoms. The van der Waals surface area contributed by atoms with Crippen LogP contribution >= 0.6 is 0 Å². The van der Waals surface area contributed by atoms with Gasteiger partial charge in [0, 0.05) is 25.1 Å². The van der Waals surface area contributed by atoms with Gasteiger partial charge in [0.1, 0.15) is 17.5 Å². The molecule has 1 aromatic heterocycles. The van der Waals surface area contributed by atoms with Crippen molar-refractivity contribution in [3.63, 3.8) is 0 Å². The average Bonchev–Trinajstić information content (AvgIpc) is 3.13. The van der Waals surface area contributed by atoms with Crippen LogP contribution in [-0.2, 0) is 16.0 Å². The summed E-state index contributed by atoms with van der Waals surface area (Å²) in [6, 6.07) is 0. The summed E-state index contributed by atoms with van der Waals surface area (Å²) < 4.78 is 10.8. The van der Waals surface area contributed by atoms with Crippen LogP contribution in [0.2, 0.25) is 0 Å². The number of aliphatic hydroxyl groups excluding tert-OH is 1. The van der Waals surface area contributed by atoms with E-state index in [0.29, 0.717) is 32.5 Å². The molecule has 6 heteroatoms. The zero-order valence-electron chi connectivity index (χ0n) is 12.6. The molecule has 0 aromatic carbocycles. The number of carbonyl (C=O) groups is 1. The van der Waals surface area contributed by atoms with E-state index in [0.717, 1.165) is 29.9 Å². The van der Waals surface area contributed by atoms with E-state index in [9.17, 15) is 9.90 Å². The van der Waals surface area contributed by atoms with Gasteiger partial charge in [0.2, 0.25) is 5.91 Å². The Morgan fingerprint density at radius 2 is 2.33 bits per heavy atom. The number of nitrogens with zero attached hydrogens (tertiary/aromatic N) is 2. The maximum absolute atomic E-state index is 12.4. The zero-order valence-corrected chi connectivity index (χ0v) is 12.6. The normalized spacial score (nSPS) is 28.7. The van der Waals surface area contributed by atoms with Gasteiger partial charge in [-0.25, -0.2) is 0 Å². The predicted octanol–water partition coefficient (Wildman–Crippen LogP) is 0.976. The Morgan fingerprint density at radius 1 is 1.52 bits per heavy atom. The maximum Gasteiger partial charge on any atom is 0.223 e. The number of aryl methyl sites for hydroxylation is 2. The quantitative estimate of drug-likeness (QED) is 0.899. The van der Waals surface area contributed by atoms with Gasteiger partial charge in [-0.05, 0) is 33.1 Å². The summed E-state index contributed by atoms with van der Waals surface area (Å²) in [5.74, 6) is 0.832. The lowest BCUT2D eigenvalue weighted by molar-refractivity contribution is -0.131. The van der Waals surface area contributed by atoms with Crippen molar-refractivity contribution in [1.29, 1.82) is 0 Å². The zero-order chi connectivity index (χ0) is 15.0. The number of aliphatic hydroxyl groups is 1. The van der Waals surface area contributed by atoms with Crippen molar-refractivity contribution in [2.75, 3.05) is 19.7 Å². The minimum atomic E-state index is -0.567. The Kier molecular flexibility index (Phi) is 3.75. The number of β-amino-alcohol motifs (C(OH)–C–C–N with tert-alkyl or cyclic N) is 1. The van der Waals surface area contributed by atoms with E-state index < -0.39 is 11.7 Å². The van der Waals surface area contributed by atoms with Crippen molar-refractivity contribution in [3.05, 3.63) is 17.0 Å². The first-order valence-electron chi connectivity index (χ1n) is 7.53. The number of hydrogen-bond donors (Lipinski definition) is 1. The summed E-state index contributed by atoms with van der Waals surface area (Å²) in [4.78, 5) is 14.1.